The summed E-state index contributed by atoms with van der Waals surface area (Å²) < 4.78 is 27.5. The van der Waals surface area contributed by atoms with Crippen molar-refractivity contribution in [2.24, 2.45) is 0 Å². The van der Waals surface area contributed by atoms with Gasteiger partial charge in [0, 0.05) is 10.7 Å². The van der Waals surface area contributed by atoms with Crippen molar-refractivity contribution in [3.8, 4) is 5.75 Å². The molecule has 1 heterocycles. The Bertz CT molecular complexity index is 510. The van der Waals surface area contributed by atoms with E-state index in [0.717, 1.165) is 24.2 Å². The highest BCUT2D eigenvalue weighted by molar-refractivity contribution is 8.13. The number of hydrogen-bond acceptors (Lipinski definition) is 3. The molecule has 1 aliphatic heterocycles. The van der Waals surface area contributed by atoms with Crippen LogP contribution in [0, 0.1) is 0 Å². The van der Waals surface area contributed by atoms with Gasteiger partial charge >= 0.3 is 0 Å². The molecule has 1 aromatic carbocycles. The molecule has 1 unspecified atom stereocenters. The predicted octanol–water partition coefficient (Wildman–Crippen LogP) is 2.51. The van der Waals surface area contributed by atoms with E-state index >= 15 is 0 Å². The molecule has 1 aliphatic rings. The summed E-state index contributed by atoms with van der Waals surface area (Å²) in [7, 11) is 1.77. The van der Waals surface area contributed by atoms with E-state index in [4.69, 9.17) is 15.4 Å². The smallest absolute Gasteiger partial charge is 0.232 e. The Morgan fingerprint density at radius 3 is 2.94 bits per heavy atom. The molecular weight excluding hydrogens is 260 g/mol. The first-order valence-corrected chi connectivity index (χ1v) is 8.13. The lowest BCUT2D eigenvalue weighted by molar-refractivity contribution is 0.192. The molecule has 0 saturated heterocycles. The summed E-state index contributed by atoms with van der Waals surface area (Å²) >= 11 is 0. The highest BCUT2D eigenvalue weighted by Crippen LogP contribution is 2.28. The third-order valence-corrected chi connectivity index (χ3v) is 4.07. The molecule has 0 aliphatic carbocycles. The van der Waals surface area contributed by atoms with E-state index in [1.54, 1.807) is 0 Å². The molecule has 17 heavy (non-hydrogen) atoms. The van der Waals surface area contributed by atoms with Crippen LogP contribution in [-0.4, -0.2) is 20.3 Å². The Hall–Kier alpha value is -0.740. The Morgan fingerprint density at radius 1 is 1.47 bits per heavy atom. The molecule has 0 amide bonds. The van der Waals surface area contributed by atoms with Crippen LogP contribution in [0.2, 0.25) is 0 Å². The van der Waals surface area contributed by atoms with Gasteiger partial charge < -0.3 is 4.74 Å². The predicted molar refractivity (Wildman–Crippen MR) is 68.2 cm³/mol. The van der Waals surface area contributed by atoms with Gasteiger partial charge in [0.1, 0.15) is 5.75 Å². The van der Waals surface area contributed by atoms with Gasteiger partial charge in [-0.3, -0.25) is 0 Å². The quantitative estimate of drug-likeness (QED) is 0.796. The standard InChI is InChI=1S/C12H15ClO3S/c1-9-2-4-11-5-3-10(8-12(11)16-9)6-7-17(13,14)15/h3,5,8-9H,2,4,6-7H2,1H3. The molecule has 0 spiro atoms. The summed E-state index contributed by atoms with van der Waals surface area (Å²) in [5, 5.41) is 0. The van der Waals surface area contributed by atoms with E-state index < -0.39 is 9.05 Å². The minimum atomic E-state index is -3.42. The fourth-order valence-electron chi connectivity index (χ4n) is 1.94. The second-order valence-corrected chi connectivity index (χ2v) is 7.30. The summed E-state index contributed by atoms with van der Waals surface area (Å²) in [4.78, 5) is 0. The van der Waals surface area contributed by atoms with Gasteiger partial charge in [-0.15, -0.1) is 0 Å². The number of halogens is 1. The maximum Gasteiger partial charge on any atom is 0.232 e. The Balaban J connectivity index is 2.13. The fourth-order valence-corrected chi connectivity index (χ4v) is 2.66. The van der Waals surface area contributed by atoms with Crippen LogP contribution >= 0.6 is 10.7 Å². The Kier molecular flexibility index (Phi) is 3.64. The third kappa shape index (κ3) is 3.61. The van der Waals surface area contributed by atoms with Crippen LogP contribution in [0.3, 0.4) is 0 Å². The molecule has 0 bridgehead atoms. The maximum absolute atomic E-state index is 10.9. The monoisotopic (exact) mass is 274 g/mol. The summed E-state index contributed by atoms with van der Waals surface area (Å²) in [5.74, 6) is 0.844. The van der Waals surface area contributed by atoms with E-state index in [1.807, 2.05) is 25.1 Å². The zero-order valence-corrected chi connectivity index (χ0v) is 11.2. The second-order valence-electron chi connectivity index (χ2n) is 4.40. The zero-order chi connectivity index (χ0) is 12.5. The molecule has 0 N–H and O–H groups in total. The first kappa shape index (κ1) is 12.7. The van der Waals surface area contributed by atoms with Gasteiger partial charge in [0.05, 0.1) is 11.9 Å². The molecule has 0 saturated carbocycles. The van der Waals surface area contributed by atoms with Gasteiger partial charge in [-0.05, 0) is 43.4 Å². The third-order valence-electron chi connectivity index (χ3n) is 2.91. The molecule has 1 aromatic rings. The lowest BCUT2D eigenvalue weighted by atomic mass is 10.0. The van der Waals surface area contributed by atoms with Crippen molar-refractivity contribution in [3.63, 3.8) is 0 Å². The normalized spacial score (nSPS) is 19.5. The van der Waals surface area contributed by atoms with Gasteiger partial charge in [-0.1, -0.05) is 12.1 Å². The number of fused-ring (bicyclic) bond motifs is 1. The second kappa shape index (κ2) is 4.86. The lowest BCUT2D eigenvalue weighted by Crippen LogP contribution is -2.19. The van der Waals surface area contributed by atoms with E-state index in [0.29, 0.717) is 6.42 Å². The summed E-state index contributed by atoms with van der Waals surface area (Å²) in [6.45, 7) is 2.04. The van der Waals surface area contributed by atoms with Crippen molar-refractivity contribution in [2.45, 2.75) is 32.3 Å². The van der Waals surface area contributed by atoms with Crippen molar-refractivity contribution in [1.29, 1.82) is 0 Å². The van der Waals surface area contributed by atoms with E-state index in [9.17, 15) is 8.42 Å². The average Bonchev–Trinajstić information content (AvgIpc) is 2.24. The van der Waals surface area contributed by atoms with E-state index in [2.05, 4.69) is 0 Å². The molecule has 5 heteroatoms. The average molecular weight is 275 g/mol. The minimum Gasteiger partial charge on any atom is -0.490 e. The molecule has 0 radical (unpaired) electrons. The van der Waals surface area contributed by atoms with Crippen LogP contribution in [-0.2, 0) is 21.9 Å². The molecule has 2 rings (SSSR count). The van der Waals surface area contributed by atoms with Crippen molar-refractivity contribution in [2.75, 3.05) is 5.75 Å². The van der Waals surface area contributed by atoms with Crippen LogP contribution in [0.5, 0.6) is 5.75 Å². The Morgan fingerprint density at radius 2 is 2.24 bits per heavy atom. The first-order chi connectivity index (χ1) is 7.94. The van der Waals surface area contributed by atoms with E-state index in [1.165, 1.54) is 5.56 Å². The Labute approximate surface area is 106 Å². The lowest BCUT2D eigenvalue weighted by Gasteiger charge is -2.23. The van der Waals surface area contributed by atoms with Crippen molar-refractivity contribution < 1.29 is 13.2 Å². The van der Waals surface area contributed by atoms with Crippen LogP contribution in [0.4, 0.5) is 0 Å². The summed E-state index contributed by atoms with van der Waals surface area (Å²) in [5.41, 5.74) is 2.14. The highest BCUT2D eigenvalue weighted by Gasteiger charge is 2.16. The molecular formula is C12H15ClO3S. The van der Waals surface area contributed by atoms with Crippen LogP contribution in [0.15, 0.2) is 18.2 Å². The van der Waals surface area contributed by atoms with Crippen LogP contribution in [0.1, 0.15) is 24.5 Å². The SMILES string of the molecule is CC1CCc2ccc(CCS(=O)(=O)Cl)cc2O1. The van der Waals surface area contributed by atoms with E-state index in [-0.39, 0.29) is 11.9 Å². The highest BCUT2D eigenvalue weighted by atomic mass is 35.7. The minimum absolute atomic E-state index is 0.0388. The van der Waals surface area contributed by atoms with Gasteiger partial charge in [-0.25, -0.2) is 8.42 Å². The largest absolute Gasteiger partial charge is 0.490 e. The molecule has 0 aromatic heterocycles. The zero-order valence-electron chi connectivity index (χ0n) is 9.65. The summed E-state index contributed by atoms with van der Waals surface area (Å²) in [6, 6.07) is 5.88. The molecule has 3 nitrogen and oxygen atoms in total. The topological polar surface area (TPSA) is 43.4 Å². The maximum atomic E-state index is 10.9. The van der Waals surface area contributed by atoms with Crippen molar-refractivity contribution in [3.05, 3.63) is 29.3 Å². The van der Waals surface area contributed by atoms with Gasteiger partial charge in [-0.2, -0.15) is 0 Å². The summed E-state index contributed by atoms with van der Waals surface area (Å²) in [6.07, 6.45) is 2.71. The van der Waals surface area contributed by atoms with Gasteiger partial charge in [0.2, 0.25) is 9.05 Å². The van der Waals surface area contributed by atoms with Gasteiger partial charge in [0.25, 0.3) is 0 Å². The fraction of sp³-hybridized carbons (Fsp3) is 0.500. The van der Waals surface area contributed by atoms with Crippen LogP contribution < -0.4 is 4.74 Å². The number of hydrogen-bond donors (Lipinski definition) is 0. The molecule has 0 fully saturated rings. The molecule has 94 valence electrons. The molecule has 1 atom stereocenters. The number of ether oxygens (including phenoxy) is 1. The number of rotatable bonds is 3. The van der Waals surface area contributed by atoms with Crippen LogP contribution in [0.25, 0.3) is 0 Å². The first-order valence-electron chi connectivity index (χ1n) is 5.65. The number of aryl methyl sites for hydroxylation is 2. The van der Waals surface area contributed by atoms with Crippen molar-refractivity contribution in [1.82, 2.24) is 0 Å². The van der Waals surface area contributed by atoms with Gasteiger partial charge in [0.15, 0.2) is 0 Å². The van der Waals surface area contributed by atoms with Crippen molar-refractivity contribution >= 4 is 19.7 Å². The number of benzene rings is 1.